The van der Waals surface area contributed by atoms with Crippen molar-refractivity contribution in [3.05, 3.63) is 30.1 Å². The lowest BCUT2D eigenvalue weighted by molar-refractivity contribution is 0.203. The highest BCUT2D eigenvalue weighted by Gasteiger charge is 2.29. The molecule has 1 unspecified atom stereocenters. The SMILES string of the molecule is CN(Cc1ccncc1)C(=O)NC1CCS(=O)(=O)C1. The van der Waals surface area contributed by atoms with E-state index in [1.807, 2.05) is 12.1 Å². The van der Waals surface area contributed by atoms with Crippen molar-refractivity contribution in [1.82, 2.24) is 15.2 Å². The van der Waals surface area contributed by atoms with Crippen LogP contribution < -0.4 is 5.32 Å². The van der Waals surface area contributed by atoms with E-state index in [0.717, 1.165) is 5.56 Å². The second-order valence-corrected chi connectivity index (χ2v) is 6.99. The molecule has 1 aromatic rings. The van der Waals surface area contributed by atoms with Crippen molar-refractivity contribution >= 4 is 15.9 Å². The van der Waals surface area contributed by atoms with Crippen LogP contribution in [0.4, 0.5) is 4.79 Å². The second kappa shape index (κ2) is 5.56. The number of carbonyl (C=O) groups excluding carboxylic acids is 1. The summed E-state index contributed by atoms with van der Waals surface area (Å²) in [5.74, 6) is 0.202. The van der Waals surface area contributed by atoms with Crippen LogP contribution in [0.25, 0.3) is 0 Å². The summed E-state index contributed by atoms with van der Waals surface area (Å²) in [4.78, 5) is 17.4. The molecule has 19 heavy (non-hydrogen) atoms. The first kappa shape index (κ1) is 13.8. The van der Waals surface area contributed by atoms with Crippen molar-refractivity contribution in [3.63, 3.8) is 0 Å². The first-order valence-electron chi connectivity index (χ1n) is 6.07. The molecule has 2 heterocycles. The molecule has 0 aliphatic carbocycles. The molecule has 104 valence electrons. The normalized spacial score (nSPS) is 21.0. The lowest BCUT2D eigenvalue weighted by atomic mass is 10.2. The summed E-state index contributed by atoms with van der Waals surface area (Å²) in [5, 5.41) is 2.75. The Hall–Kier alpha value is -1.63. The fourth-order valence-electron chi connectivity index (χ4n) is 2.03. The Labute approximate surface area is 112 Å². The quantitative estimate of drug-likeness (QED) is 0.871. The fraction of sp³-hybridized carbons (Fsp3) is 0.500. The third-order valence-electron chi connectivity index (χ3n) is 3.08. The summed E-state index contributed by atoms with van der Waals surface area (Å²) in [5.41, 5.74) is 0.978. The van der Waals surface area contributed by atoms with Crippen LogP contribution in [0.15, 0.2) is 24.5 Å². The highest BCUT2D eigenvalue weighted by atomic mass is 32.2. The van der Waals surface area contributed by atoms with Gasteiger partial charge in [0.15, 0.2) is 9.84 Å². The number of nitrogens with zero attached hydrogens (tertiary/aromatic N) is 2. The number of urea groups is 1. The Balaban J connectivity index is 1.86. The van der Waals surface area contributed by atoms with Crippen LogP contribution in [0.3, 0.4) is 0 Å². The average Bonchev–Trinajstić information content (AvgIpc) is 2.70. The number of rotatable bonds is 3. The van der Waals surface area contributed by atoms with Crippen molar-refractivity contribution in [2.75, 3.05) is 18.6 Å². The van der Waals surface area contributed by atoms with Gasteiger partial charge in [-0.3, -0.25) is 4.98 Å². The zero-order valence-corrected chi connectivity index (χ0v) is 11.6. The lowest BCUT2D eigenvalue weighted by Gasteiger charge is -2.20. The second-order valence-electron chi connectivity index (χ2n) is 4.76. The van der Waals surface area contributed by atoms with Gasteiger partial charge in [0.05, 0.1) is 11.5 Å². The lowest BCUT2D eigenvalue weighted by Crippen LogP contribution is -2.43. The number of aromatic nitrogens is 1. The zero-order chi connectivity index (χ0) is 13.9. The monoisotopic (exact) mass is 283 g/mol. The predicted octanol–water partition coefficient (Wildman–Crippen LogP) is 0.410. The third kappa shape index (κ3) is 3.92. The molecule has 0 aromatic carbocycles. The van der Waals surface area contributed by atoms with E-state index in [0.29, 0.717) is 13.0 Å². The van der Waals surface area contributed by atoms with E-state index in [9.17, 15) is 13.2 Å². The van der Waals surface area contributed by atoms with Crippen molar-refractivity contribution in [1.29, 1.82) is 0 Å². The molecule has 2 rings (SSSR count). The van der Waals surface area contributed by atoms with E-state index in [1.54, 1.807) is 19.4 Å². The molecule has 1 aliphatic rings. The van der Waals surface area contributed by atoms with Crippen LogP contribution in [0, 0.1) is 0 Å². The number of nitrogens with one attached hydrogen (secondary N) is 1. The van der Waals surface area contributed by atoms with Gasteiger partial charge in [0, 0.05) is 32.0 Å². The molecule has 1 aromatic heterocycles. The van der Waals surface area contributed by atoms with Crippen LogP contribution in [-0.4, -0.2) is 48.9 Å². The van der Waals surface area contributed by atoms with Gasteiger partial charge in [0.2, 0.25) is 0 Å². The maximum Gasteiger partial charge on any atom is 0.317 e. The van der Waals surface area contributed by atoms with Gasteiger partial charge in [0.25, 0.3) is 0 Å². The minimum Gasteiger partial charge on any atom is -0.334 e. The first-order chi connectivity index (χ1) is 8.96. The molecule has 1 saturated heterocycles. The van der Waals surface area contributed by atoms with Crippen LogP contribution in [0.2, 0.25) is 0 Å². The molecule has 1 fully saturated rings. The standard InChI is InChI=1S/C12H17N3O3S/c1-15(8-10-2-5-13-6-3-10)12(16)14-11-4-7-19(17,18)9-11/h2-3,5-6,11H,4,7-9H2,1H3,(H,14,16). The average molecular weight is 283 g/mol. The largest absolute Gasteiger partial charge is 0.334 e. The number of hydrogen-bond donors (Lipinski definition) is 1. The van der Waals surface area contributed by atoms with E-state index in [2.05, 4.69) is 10.3 Å². The highest BCUT2D eigenvalue weighted by molar-refractivity contribution is 7.91. The van der Waals surface area contributed by atoms with E-state index in [4.69, 9.17) is 0 Å². The number of carbonyl (C=O) groups is 1. The molecule has 0 spiro atoms. The van der Waals surface area contributed by atoms with Gasteiger partial charge < -0.3 is 10.2 Å². The summed E-state index contributed by atoms with van der Waals surface area (Å²) < 4.78 is 22.6. The molecule has 1 aliphatic heterocycles. The molecule has 1 N–H and O–H groups in total. The Morgan fingerprint density at radius 2 is 2.16 bits per heavy atom. The van der Waals surface area contributed by atoms with E-state index in [1.165, 1.54) is 4.90 Å². The summed E-state index contributed by atoms with van der Waals surface area (Å²) in [7, 11) is -1.29. The number of hydrogen-bond acceptors (Lipinski definition) is 4. The molecule has 1 atom stereocenters. The van der Waals surface area contributed by atoms with Gasteiger partial charge in [-0.2, -0.15) is 0 Å². The smallest absolute Gasteiger partial charge is 0.317 e. The predicted molar refractivity (Wildman–Crippen MR) is 71.3 cm³/mol. The number of sulfone groups is 1. The van der Waals surface area contributed by atoms with Gasteiger partial charge >= 0.3 is 6.03 Å². The van der Waals surface area contributed by atoms with Crippen molar-refractivity contribution in [2.24, 2.45) is 0 Å². The van der Waals surface area contributed by atoms with Crippen molar-refractivity contribution in [2.45, 2.75) is 19.0 Å². The maximum atomic E-state index is 11.9. The highest BCUT2D eigenvalue weighted by Crippen LogP contribution is 2.11. The summed E-state index contributed by atoms with van der Waals surface area (Å²) >= 11 is 0. The molecule has 7 heteroatoms. The van der Waals surface area contributed by atoms with Crippen molar-refractivity contribution in [3.8, 4) is 0 Å². The van der Waals surface area contributed by atoms with E-state index in [-0.39, 0.29) is 23.6 Å². The van der Waals surface area contributed by atoms with Gasteiger partial charge in [-0.05, 0) is 24.1 Å². The van der Waals surface area contributed by atoms with Crippen LogP contribution in [-0.2, 0) is 16.4 Å². The summed E-state index contributed by atoms with van der Waals surface area (Å²) in [6.45, 7) is 0.466. The third-order valence-corrected chi connectivity index (χ3v) is 4.84. The maximum absolute atomic E-state index is 11.9. The van der Waals surface area contributed by atoms with Gasteiger partial charge in [0.1, 0.15) is 0 Å². The number of pyridine rings is 1. The van der Waals surface area contributed by atoms with Gasteiger partial charge in [-0.15, -0.1) is 0 Å². The molecule has 2 amide bonds. The van der Waals surface area contributed by atoms with Gasteiger partial charge in [-0.25, -0.2) is 13.2 Å². The topological polar surface area (TPSA) is 79.4 Å². The Bertz CT molecular complexity index is 545. The molecule has 6 nitrogen and oxygen atoms in total. The molecule has 0 saturated carbocycles. The Morgan fingerprint density at radius 3 is 2.74 bits per heavy atom. The molecular formula is C12H17N3O3S. The fourth-order valence-corrected chi connectivity index (χ4v) is 3.70. The minimum absolute atomic E-state index is 0.0435. The minimum atomic E-state index is -2.97. The molecule has 0 bridgehead atoms. The van der Waals surface area contributed by atoms with Crippen molar-refractivity contribution < 1.29 is 13.2 Å². The number of amides is 2. The van der Waals surface area contributed by atoms with Crippen LogP contribution in [0.1, 0.15) is 12.0 Å². The molecule has 0 radical (unpaired) electrons. The van der Waals surface area contributed by atoms with Crippen LogP contribution in [0.5, 0.6) is 0 Å². The zero-order valence-electron chi connectivity index (χ0n) is 10.7. The van der Waals surface area contributed by atoms with Crippen LogP contribution >= 0.6 is 0 Å². The Kier molecular flexibility index (Phi) is 4.04. The summed E-state index contributed by atoms with van der Waals surface area (Å²) in [6, 6.07) is 3.16. The first-order valence-corrected chi connectivity index (χ1v) is 7.89. The van der Waals surface area contributed by atoms with E-state index < -0.39 is 9.84 Å². The Morgan fingerprint density at radius 1 is 1.47 bits per heavy atom. The summed E-state index contributed by atoms with van der Waals surface area (Å²) in [6.07, 6.45) is 3.84. The van der Waals surface area contributed by atoms with Gasteiger partial charge in [-0.1, -0.05) is 0 Å². The van der Waals surface area contributed by atoms with E-state index >= 15 is 0 Å². The molecular weight excluding hydrogens is 266 g/mol.